The average Bonchev–Trinajstić information content (AvgIpc) is 2.24. The van der Waals surface area contributed by atoms with Crippen LogP contribution in [0.1, 0.15) is 43.1 Å². The lowest BCUT2D eigenvalue weighted by Gasteiger charge is -2.16. The van der Waals surface area contributed by atoms with Crippen molar-refractivity contribution in [2.24, 2.45) is 5.92 Å². The molecule has 0 saturated carbocycles. The van der Waals surface area contributed by atoms with E-state index in [-0.39, 0.29) is 22.1 Å². The normalized spacial score (nSPS) is 13.3. The van der Waals surface area contributed by atoms with E-state index in [1.807, 2.05) is 20.8 Å². The van der Waals surface area contributed by atoms with Crippen LogP contribution < -0.4 is 5.32 Å². The molecule has 0 heterocycles. The van der Waals surface area contributed by atoms with Crippen molar-refractivity contribution < 1.29 is 17.6 Å². The summed E-state index contributed by atoms with van der Waals surface area (Å²) < 4.78 is 36.7. The van der Waals surface area contributed by atoms with Crippen LogP contribution in [0.5, 0.6) is 0 Å². The maximum absolute atomic E-state index is 13.9. The molecule has 1 aromatic carbocycles. The largest absolute Gasteiger partial charge is 0.349 e. The fourth-order valence-electron chi connectivity index (χ4n) is 2.16. The third-order valence-electron chi connectivity index (χ3n) is 2.97. The van der Waals surface area contributed by atoms with Crippen molar-refractivity contribution in [3.63, 3.8) is 0 Å². The molecule has 0 bridgehead atoms. The minimum absolute atomic E-state index is 0.144. The molecule has 0 aliphatic rings. The van der Waals surface area contributed by atoms with Crippen molar-refractivity contribution in [3.8, 4) is 0 Å². The molecule has 0 radical (unpaired) electrons. The molecule has 1 aromatic rings. The highest BCUT2D eigenvalue weighted by Crippen LogP contribution is 2.23. The van der Waals surface area contributed by atoms with Gasteiger partial charge in [-0.2, -0.15) is 0 Å². The Bertz CT molecular complexity index is 644. The summed E-state index contributed by atoms with van der Waals surface area (Å²) in [7, 11) is 1.26. The minimum atomic E-state index is -4.03. The van der Waals surface area contributed by atoms with Gasteiger partial charge in [0.1, 0.15) is 5.82 Å². The molecule has 1 unspecified atom stereocenters. The quantitative estimate of drug-likeness (QED) is 0.840. The van der Waals surface area contributed by atoms with Crippen molar-refractivity contribution in [1.29, 1.82) is 0 Å². The number of benzene rings is 1. The second-order valence-corrected chi connectivity index (χ2v) is 8.07. The average molecular weight is 336 g/mol. The first-order valence-electron chi connectivity index (χ1n) is 6.58. The highest BCUT2D eigenvalue weighted by atomic mass is 35.7. The molecule has 1 amide bonds. The van der Waals surface area contributed by atoms with E-state index in [0.29, 0.717) is 5.92 Å². The summed E-state index contributed by atoms with van der Waals surface area (Å²) >= 11 is 0. The molecule has 0 spiro atoms. The Kier molecular flexibility index (Phi) is 5.75. The van der Waals surface area contributed by atoms with Gasteiger partial charge < -0.3 is 5.32 Å². The summed E-state index contributed by atoms with van der Waals surface area (Å²) in [6.07, 6.45) is 0.736. The van der Waals surface area contributed by atoms with E-state index in [1.54, 1.807) is 0 Å². The minimum Gasteiger partial charge on any atom is -0.349 e. The molecule has 7 heteroatoms. The van der Waals surface area contributed by atoms with Crippen LogP contribution in [0, 0.1) is 18.7 Å². The van der Waals surface area contributed by atoms with Gasteiger partial charge in [0, 0.05) is 16.7 Å². The van der Waals surface area contributed by atoms with Gasteiger partial charge in [-0.25, -0.2) is 12.8 Å². The number of rotatable bonds is 5. The Labute approximate surface area is 129 Å². The van der Waals surface area contributed by atoms with E-state index >= 15 is 0 Å². The topological polar surface area (TPSA) is 63.2 Å². The lowest BCUT2D eigenvalue weighted by molar-refractivity contribution is 0.0932. The molecule has 118 valence electrons. The Morgan fingerprint density at radius 1 is 1.33 bits per heavy atom. The molecule has 4 nitrogen and oxygen atoms in total. The maximum atomic E-state index is 13.9. The van der Waals surface area contributed by atoms with E-state index in [2.05, 4.69) is 5.32 Å². The lowest BCUT2D eigenvalue weighted by atomic mass is 10.0. The van der Waals surface area contributed by atoms with E-state index in [1.165, 1.54) is 6.92 Å². The number of hydrogen-bond donors (Lipinski definition) is 1. The third kappa shape index (κ3) is 4.97. The standard InChI is InChI=1S/C14H19ClFNO3S/c1-8(2)5-10(4)17-14(18)11-7-13(21(15,19)20)9(3)6-12(11)16/h6-8,10H,5H2,1-4H3,(H,17,18). The number of hydrogen-bond acceptors (Lipinski definition) is 3. The molecule has 0 aliphatic heterocycles. The highest BCUT2D eigenvalue weighted by molar-refractivity contribution is 8.13. The van der Waals surface area contributed by atoms with Crippen LogP contribution in [-0.4, -0.2) is 20.4 Å². The summed E-state index contributed by atoms with van der Waals surface area (Å²) in [5, 5.41) is 2.65. The van der Waals surface area contributed by atoms with Crippen LogP contribution in [0.15, 0.2) is 17.0 Å². The van der Waals surface area contributed by atoms with Crippen LogP contribution in [0.25, 0.3) is 0 Å². The first-order chi connectivity index (χ1) is 9.52. The van der Waals surface area contributed by atoms with E-state index in [4.69, 9.17) is 10.7 Å². The van der Waals surface area contributed by atoms with Crippen LogP contribution in [-0.2, 0) is 9.05 Å². The van der Waals surface area contributed by atoms with Gasteiger partial charge in [0.25, 0.3) is 15.0 Å². The number of amides is 1. The van der Waals surface area contributed by atoms with Gasteiger partial charge in [-0.1, -0.05) is 13.8 Å². The zero-order valence-electron chi connectivity index (χ0n) is 12.4. The summed E-state index contributed by atoms with van der Waals surface area (Å²) in [4.78, 5) is 11.8. The maximum Gasteiger partial charge on any atom is 0.261 e. The molecular weight excluding hydrogens is 317 g/mol. The zero-order valence-corrected chi connectivity index (χ0v) is 14.0. The second kappa shape index (κ2) is 6.75. The van der Waals surface area contributed by atoms with Crippen molar-refractivity contribution in [1.82, 2.24) is 5.32 Å². The predicted molar refractivity (Wildman–Crippen MR) is 80.6 cm³/mol. The summed E-state index contributed by atoms with van der Waals surface area (Å²) in [6, 6.07) is 1.83. The molecule has 1 atom stereocenters. The number of nitrogens with one attached hydrogen (secondary N) is 1. The van der Waals surface area contributed by atoms with Crippen molar-refractivity contribution in [3.05, 3.63) is 29.1 Å². The molecule has 21 heavy (non-hydrogen) atoms. The zero-order chi connectivity index (χ0) is 16.4. The van der Waals surface area contributed by atoms with E-state index < -0.39 is 20.8 Å². The van der Waals surface area contributed by atoms with Crippen LogP contribution in [0.2, 0.25) is 0 Å². The van der Waals surface area contributed by atoms with Gasteiger partial charge >= 0.3 is 0 Å². The van der Waals surface area contributed by atoms with Gasteiger partial charge in [-0.15, -0.1) is 0 Å². The molecular formula is C14H19ClFNO3S. The Balaban J connectivity index is 3.10. The molecule has 0 aromatic heterocycles. The fourth-order valence-corrected chi connectivity index (χ4v) is 3.36. The van der Waals surface area contributed by atoms with E-state index in [9.17, 15) is 17.6 Å². The molecule has 0 aliphatic carbocycles. The first kappa shape index (κ1) is 17.9. The summed E-state index contributed by atoms with van der Waals surface area (Å²) in [5.41, 5.74) is -0.162. The number of carbonyl (C=O) groups excluding carboxylic acids is 1. The van der Waals surface area contributed by atoms with Gasteiger partial charge in [-0.3, -0.25) is 4.79 Å². The smallest absolute Gasteiger partial charge is 0.261 e. The molecule has 1 N–H and O–H groups in total. The summed E-state index contributed by atoms with van der Waals surface area (Å²) in [5.74, 6) is -1.05. The van der Waals surface area contributed by atoms with Gasteiger partial charge in [0.15, 0.2) is 0 Å². The Morgan fingerprint density at radius 3 is 2.38 bits per heavy atom. The van der Waals surface area contributed by atoms with Crippen LogP contribution in [0.4, 0.5) is 4.39 Å². The Hall–Kier alpha value is -1.14. The van der Waals surface area contributed by atoms with Gasteiger partial charge in [-0.05, 0) is 43.9 Å². The lowest BCUT2D eigenvalue weighted by Crippen LogP contribution is -2.34. The Morgan fingerprint density at radius 2 is 1.90 bits per heavy atom. The number of carbonyl (C=O) groups is 1. The SMILES string of the molecule is Cc1cc(F)c(C(=O)NC(C)CC(C)C)cc1S(=O)(=O)Cl. The van der Waals surface area contributed by atoms with E-state index in [0.717, 1.165) is 18.6 Å². The fraction of sp³-hybridized carbons (Fsp3) is 0.500. The third-order valence-corrected chi connectivity index (χ3v) is 4.44. The first-order valence-corrected chi connectivity index (χ1v) is 8.89. The molecule has 0 fully saturated rings. The second-order valence-electron chi connectivity index (χ2n) is 5.54. The molecule has 0 saturated heterocycles. The van der Waals surface area contributed by atoms with Crippen molar-refractivity contribution in [2.45, 2.75) is 45.1 Å². The van der Waals surface area contributed by atoms with Crippen molar-refractivity contribution >= 4 is 25.6 Å². The van der Waals surface area contributed by atoms with Gasteiger partial charge in [0.05, 0.1) is 10.5 Å². The summed E-state index contributed by atoms with van der Waals surface area (Å²) in [6.45, 7) is 7.24. The number of aryl methyl sites for hydroxylation is 1. The van der Waals surface area contributed by atoms with Crippen LogP contribution in [0.3, 0.4) is 0 Å². The molecule has 1 rings (SSSR count). The van der Waals surface area contributed by atoms with Crippen molar-refractivity contribution in [2.75, 3.05) is 0 Å². The number of halogens is 2. The predicted octanol–water partition coefficient (Wildman–Crippen LogP) is 3.23. The highest BCUT2D eigenvalue weighted by Gasteiger charge is 2.21. The van der Waals surface area contributed by atoms with Gasteiger partial charge in [0.2, 0.25) is 0 Å². The monoisotopic (exact) mass is 335 g/mol. The van der Waals surface area contributed by atoms with Crippen LogP contribution >= 0.6 is 10.7 Å².